The summed E-state index contributed by atoms with van der Waals surface area (Å²) in [6.07, 6.45) is 5.55. The molecule has 4 heterocycles. The van der Waals surface area contributed by atoms with E-state index in [-0.39, 0.29) is 11.9 Å². The van der Waals surface area contributed by atoms with Crippen LogP contribution in [-0.4, -0.2) is 42.4 Å². The molecule has 0 aliphatic carbocycles. The molecule has 0 spiro atoms. The molecule has 1 atom stereocenters. The van der Waals surface area contributed by atoms with Crippen molar-refractivity contribution < 1.29 is 13.9 Å². The van der Waals surface area contributed by atoms with Crippen LogP contribution in [0.4, 0.5) is 5.95 Å². The average Bonchev–Trinajstić information content (AvgIpc) is 3.40. The van der Waals surface area contributed by atoms with Gasteiger partial charge in [0.2, 0.25) is 11.8 Å². The quantitative estimate of drug-likeness (QED) is 0.513. The largest absolute Gasteiger partial charge is 0.467 e. The molecular weight excluding hydrogens is 350 g/mol. The van der Waals surface area contributed by atoms with E-state index in [1.807, 2.05) is 0 Å². The molecule has 0 bridgehead atoms. The maximum Gasteiger partial charge on any atom is 0.330 e. The predicted molar refractivity (Wildman–Crippen MR) is 96.8 cm³/mol. The lowest BCUT2D eigenvalue weighted by Gasteiger charge is -2.15. The van der Waals surface area contributed by atoms with Gasteiger partial charge < -0.3 is 14.9 Å². The molecule has 0 fully saturated rings. The van der Waals surface area contributed by atoms with Gasteiger partial charge in [-0.3, -0.25) is 0 Å². The molecule has 0 aliphatic heterocycles. The minimum Gasteiger partial charge on any atom is -0.467 e. The Morgan fingerprint density at radius 1 is 1.37 bits per heavy atom. The van der Waals surface area contributed by atoms with E-state index in [9.17, 15) is 4.79 Å². The number of rotatable bonds is 6. The number of ether oxygens (including phenoxy) is 1. The van der Waals surface area contributed by atoms with E-state index in [2.05, 4.69) is 27.1 Å². The smallest absolute Gasteiger partial charge is 0.330 e. The van der Waals surface area contributed by atoms with Crippen molar-refractivity contribution in [1.82, 2.24) is 29.4 Å². The van der Waals surface area contributed by atoms with Crippen molar-refractivity contribution in [2.75, 3.05) is 12.8 Å². The maximum atomic E-state index is 12.3. The number of nitrogen functional groups attached to an aromatic ring is 1. The van der Waals surface area contributed by atoms with Gasteiger partial charge in [0.1, 0.15) is 0 Å². The second-order valence-corrected chi connectivity index (χ2v) is 6.13. The number of aromatic nitrogens is 6. The number of carbonyl (C=O) groups excluding carboxylic acids is 1. The van der Waals surface area contributed by atoms with Crippen molar-refractivity contribution in [3.8, 4) is 11.6 Å². The number of fused-ring (bicyclic) bond motifs is 3. The summed E-state index contributed by atoms with van der Waals surface area (Å²) in [7, 11) is 1.36. The summed E-state index contributed by atoms with van der Waals surface area (Å²) in [6.45, 7) is 2.06. The van der Waals surface area contributed by atoms with Gasteiger partial charge in [0.25, 0.3) is 0 Å². The minimum atomic E-state index is -0.575. The van der Waals surface area contributed by atoms with Crippen LogP contribution in [0.2, 0.25) is 0 Å². The van der Waals surface area contributed by atoms with Gasteiger partial charge in [0.05, 0.1) is 25.0 Å². The number of nitrogens with zero attached hydrogens (tertiary/aromatic N) is 6. The molecule has 4 aromatic rings. The van der Waals surface area contributed by atoms with E-state index < -0.39 is 6.04 Å². The fourth-order valence-corrected chi connectivity index (χ4v) is 3.04. The Morgan fingerprint density at radius 3 is 2.93 bits per heavy atom. The molecule has 4 aromatic heterocycles. The Hall–Kier alpha value is -3.43. The van der Waals surface area contributed by atoms with Crippen LogP contribution in [0.25, 0.3) is 28.3 Å². The van der Waals surface area contributed by atoms with Gasteiger partial charge in [-0.25, -0.2) is 14.5 Å². The molecule has 0 aliphatic rings. The minimum absolute atomic E-state index is 0.142. The molecule has 10 nitrogen and oxygen atoms in total. The van der Waals surface area contributed by atoms with Crippen molar-refractivity contribution in [3.05, 3.63) is 24.6 Å². The molecule has 1 unspecified atom stereocenters. The van der Waals surface area contributed by atoms with Crippen molar-refractivity contribution in [2.45, 2.75) is 32.2 Å². The van der Waals surface area contributed by atoms with E-state index in [0.29, 0.717) is 34.7 Å². The molecule has 0 saturated carbocycles. The zero-order valence-electron chi connectivity index (χ0n) is 15.0. The number of furan rings is 1. The van der Waals surface area contributed by atoms with Crippen molar-refractivity contribution in [3.63, 3.8) is 0 Å². The second kappa shape index (κ2) is 6.71. The molecule has 140 valence electrons. The van der Waals surface area contributed by atoms with Crippen LogP contribution in [0.3, 0.4) is 0 Å². The molecule has 0 amide bonds. The van der Waals surface area contributed by atoms with E-state index in [4.69, 9.17) is 14.9 Å². The van der Waals surface area contributed by atoms with Crippen LogP contribution < -0.4 is 5.73 Å². The molecule has 4 rings (SSSR count). The van der Waals surface area contributed by atoms with Crippen molar-refractivity contribution in [2.24, 2.45) is 0 Å². The topological polar surface area (TPSA) is 126 Å². The number of nitrogens with two attached hydrogens (primary N) is 1. The van der Waals surface area contributed by atoms with Crippen LogP contribution in [0.15, 0.2) is 29.0 Å². The highest BCUT2D eigenvalue weighted by Gasteiger charge is 2.26. The first-order valence-electron chi connectivity index (χ1n) is 8.65. The maximum absolute atomic E-state index is 12.3. The molecule has 27 heavy (non-hydrogen) atoms. The van der Waals surface area contributed by atoms with Crippen LogP contribution in [0.5, 0.6) is 0 Å². The third-order valence-corrected chi connectivity index (χ3v) is 4.40. The van der Waals surface area contributed by atoms with Crippen molar-refractivity contribution in [1.29, 1.82) is 0 Å². The Bertz CT molecular complexity index is 1100. The van der Waals surface area contributed by atoms with Gasteiger partial charge in [0.15, 0.2) is 23.1 Å². The monoisotopic (exact) mass is 369 g/mol. The molecule has 0 radical (unpaired) electrons. The summed E-state index contributed by atoms with van der Waals surface area (Å²) >= 11 is 0. The lowest BCUT2D eigenvalue weighted by molar-refractivity contribution is -0.145. The summed E-state index contributed by atoms with van der Waals surface area (Å²) in [4.78, 5) is 21.2. The Morgan fingerprint density at radius 2 is 2.22 bits per heavy atom. The van der Waals surface area contributed by atoms with E-state index in [0.717, 1.165) is 12.8 Å². The first kappa shape index (κ1) is 17.0. The zero-order valence-corrected chi connectivity index (χ0v) is 15.0. The Labute approximate surface area is 153 Å². The SMILES string of the molecule is CCCCC(C(=O)OC)n1ncc2c1nc(N)n1nc(-c3ccco3)nc21. The Kier molecular flexibility index (Phi) is 4.22. The van der Waals surface area contributed by atoms with Gasteiger partial charge in [-0.15, -0.1) is 5.10 Å². The highest BCUT2D eigenvalue weighted by molar-refractivity contribution is 5.91. The lowest BCUT2D eigenvalue weighted by Crippen LogP contribution is -2.22. The van der Waals surface area contributed by atoms with E-state index >= 15 is 0 Å². The second-order valence-electron chi connectivity index (χ2n) is 6.13. The van der Waals surface area contributed by atoms with Gasteiger partial charge in [-0.1, -0.05) is 19.8 Å². The number of hydrogen-bond donors (Lipinski definition) is 1. The third kappa shape index (κ3) is 2.78. The Balaban J connectivity index is 1.88. The first-order chi connectivity index (χ1) is 13.1. The van der Waals surface area contributed by atoms with Crippen LogP contribution in [0, 0.1) is 0 Å². The van der Waals surface area contributed by atoms with Crippen LogP contribution in [0.1, 0.15) is 32.2 Å². The first-order valence-corrected chi connectivity index (χ1v) is 8.65. The highest BCUT2D eigenvalue weighted by atomic mass is 16.5. The van der Waals surface area contributed by atoms with Gasteiger partial charge in [0, 0.05) is 0 Å². The summed E-state index contributed by atoms with van der Waals surface area (Å²) in [6, 6.07) is 2.94. The summed E-state index contributed by atoms with van der Waals surface area (Å²) in [5.74, 6) is 0.688. The molecule has 10 heteroatoms. The van der Waals surface area contributed by atoms with Gasteiger partial charge in [-0.2, -0.15) is 14.6 Å². The van der Waals surface area contributed by atoms with E-state index in [1.54, 1.807) is 29.3 Å². The summed E-state index contributed by atoms with van der Waals surface area (Å²) in [5, 5.41) is 9.37. The molecule has 0 aromatic carbocycles. The van der Waals surface area contributed by atoms with Gasteiger partial charge >= 0.3 is 5.97 Å². The van der Waals surface area contributed by atoms with E-state index in [1.165, 1.54) is 11.6 Å². The number of hydrogen-bond acceptors (Lipinski definition) is 8. The van der Waals surface area contributed by atoms with Crippen LogP contribution in [-0.2, 0) is 9.53 Å². The fourth-order valence-electron chi connectivity index (χ4n) is 3.04. The highest BCUT2D eigenvalue weighted by Crippen LogP contribution is 2.26. The summed E-state index contributed by atoms with van der Waals surface area (Å²) in [5.41, 5.74) is 7.04. The van der Waals surface area contributed by atoms with Crippen molar-refractivity contribution >= 4 is 28.6 Å². The predicted octanol–water partition coefficient (Wildman–Crippen LogP) is 2.22. The van der Waals surface area contributed by atoms with Crippen LogP contribution >= 0.6 is 0 Å². The normalized spacial score (nSPS) is 12.7. The number of esters is 1. The lowest BCUT2D eigenvalue weighted by atomic mass is 10.1. The molecule has 0 saturated heterocycles. The standard InChI is InChI=1S/C17H19N7O3/c1-3-4-6-11(16(25)26-2)23-15-10(9-19-23)14-20-13(12-7-5-8-27-12)22-24(14)17(18)21-15/h5,7-9,11H,3-4,6H2,1-2H3,(H2,18,21). The molecular formula is C17H19N7O3. The summed E-state index contributed by atoms with van der Waals surface area (Å²) < 4.78 is 13.3. The zero-order chi connectivity index (χ0) is 19.0. The number of unbranched alkanes of at least 4 members (excludes halogenated alkanes) is 1. The van der Waals surface area contributed by atoms with Gasteiger partial charge in [-0.05, 0) is 18.6 Å². The molecule has 2 N–H and O–H groups in total. The number of anilines is 1. The number of methoxy groups -OCH3 is 1. The average molecular weight is 369 g/mol. The fraction of sp³-hybridized carbons (Fsp3) is 0.353. The number of carbonyl (C=O) groups is 1. The third-order valence-electron chi connectivity index (χ3n) is 4.40.